The maximum absolute atomic E-state index is 12.5. The Labute approximate surface area is 167 Å². The van der Waals surface area contributed by atoms with Gasteiger partial charge in [-0.2, -0.15) is 0 Å². The molecule has 0 aliphatic carbocycles. The lowest BCUT2D eigenvalue weighted by molar-refractivity contribution is -0.114. The third-order valence-corrected chi connectivity index (χ3v) is 5.19. The minimum absolute atomic E-state index is 0.0162. The van der Waals surface area contributed by atoms with E-state index in [-0.39, 0.29) is 11.7 Å². The van der Waals surface area contributed by atoms with Gasteiger partial charge in [-0.25, -0.2) is 4.98 Å². The lowest BCUT2D eigenvalue weighted by Gasteiger charge is -2.07. The van der Waals surface area contributed by atoms with Crippen LogP contribution in [-0.4, -0.2) is 27.0 Å². The summed E-state index contributed by atoms with van der Waals surface area (Å²) in [6.07, 6.45) is 0.972. The molecular formula is C20H20ClN3O2S. The molecule has 0 fully saturated rings. The molecule has 1 amide bonds. The first-order valence-corrected chi connectivity index (χ1v) is 10.0. The largest absolute Gasteiger partial charge is 0.326 e. The van der Waals surface area contributed by atoms with Crippen molar-refractivity contribution in [3.8, 4) is 0 Å². The third kappa shape index (κ3) is 4.70. The number of thioether (sulfide) groups is 1. The first-order valence-electron chi connectivity index (χ1n) is 8.67. The number of nitrogens with zero attached hydrogens (tertiary/aromatic N) is 2. The molecule has 1 N–H and O–H groups in total. The summed E-state index contributed by atoms with van der Waals surface area (Å²) in [5, 5.41) is 4.16. The van der Waals surface area contributed by atoms with E-state index in [9.17, 15) is 9.59 Å². The van der Waals surface area contributed by atoms with Gasteiger partial charge in [-0.1, -0.05) is 30.3 Å². The summed E-state index contributed by atoms with van der Waals surface area (Å²) in [4.78, 5) is 28.2. The Morgan fingerprint density at radius 1 is 1.19 bits per heavy atom. The average Bonchev–Trinajstić information content (AvgIpc) is 2.97. The molecule has 0 spiro atoms. The van der Waals surface area contributed by atoms with Crippen molar-refractivity contribution >= 4 is 51.8 Å². The number of carbonyl (C=O) groups excluding carboxylic acids is 2. The fraction of sp³-hybridized carbons (Fsp3) is 0.250. The number of nitrogens with one attached hydrogen (secondary N) is 1. The minimum Gasteiger partial charge on any atom is -0.326 e. The molecule has 0 aliphatic heterocycles. The Bertz CT molecular complexity index is 983. The van der Waals surface area contributed by atoms with Crippen molar-refractivity contribution in [1.82, 2.24) is 9.55 Å². The molecule has 0 atom stereocenters. The third-order valence-electron chi connectivity index (χ3n) is 3.98. The SMILES string of the molecule is CCCn1c(SCC(=O)c2ccc(NC(C)=O)cc2)nc2cc(Cl)ccc21. The number of benzene rings is 2. The number of amides is 1. The predicted octanol–water partition coefficient (Wildman–Crippen LogP) is 5.03. The molecule has 3 rings (SSSR count). The monoisotopic (exact) mass is 401 g/mol. The molecular weight excluding hydrogens is 382 g/mol. The number of imidazole rings is 1. The number of aryl methyl sites for hydroxylation is 1. The van der Waals surface area contributed by atoms with E-state index in [1.807, 2.05) is 18.2 Å². The number of anilines is 1. The summed E-state index contributed by atoms with van der Waals surface area (Å²) in [6, 6.07) is 12.6. The molecule has 3 aromatic rings. The van der Waals surface area contributed by atoms with Gasteiger partial charge in [0.1, 0.15) is 0 Å². The number of aromatic nitrogens is 2. The van der Waals surface area contributed by atoms with Gasteiger partial charge in [0, 0.05) is 29.7 Å². The molecule has 1 heterocycles. The van der Waals surface area contributed by atoms with Crippen LogP contribution in [0.15, 0.2) is 47.6 Å². The van der Waals surface area contributed by atoms with E-state index < -0.39 is 0 Å². The van der Waals surface area contributed by atoms with Gasteiger partial charge in [0.25, 0.3) is 0 Å². The number of hydrogen-bond acceptors (Lipinski definition) is 4. The van der Waals surface area contributed by atoms with Crippen molar-refractivity contribution in [1.29, 1.82) is 0 Å². The normalized spacial score (nSPS) is 10.9. The zero-order valence-corrected chi connectivity index (χ0v) is 16.7. The fourth-order valence-electron chi connectivity index (χ4n) is 2.79. The topological polar surface area (TPSA) is 64.0 Å². The van der Waals surface area contributed by atoms with Crippen LogP contribution in [0.5, 0.6) is 0 Å². The maximum atomic E-state index is 12.5. The van der Waals surface area contributed by atoms with Crippen molar-refractivity contribution in [2.45, 2.75) is 32.0 Å². The van der Waals surface area contributed by atoms with Crippen LogP contribution in [-0.2, 0) is 11.3 Å². The number of ketones is 1. The second kappa shape index (κ2) is 8.59. The van der Waals surface area contributed by atoms with Crippen LogP contribution >= 0.6 is 23.4 Å². The van der Waals surface area contributed by atoms with Crippen LogP contribution < -0.4 is 5.32 Å². The maximum Gasteiger partial charge on any atom is 0.221 e. The molecule has 1 aromatic heterocycles. The van der Waals surface area contributed by atoms with Crippen LogP contribution in [0, 0.1) is 0 Å². The number of Topliss-reactive ketones (excluding diaryl/α,β-unsaturated/α-hetero) is 1. The van der Waals surface area contributed by atoms with E-state index in [1.54, 1.807) is 24.3 Å². The van der Waals surface area contributed by atoms with Gasteiger partial charge in [-0.05, 0) is 48.9 Å². The number of halogens is 1. The van der Waals surface area contributed by atoms with Crippen molar-refractivity contribution in [2.75, 3.05) is 11.1 Å². The molecule has 140 valence electrons. The van der Waals surface area contributed by atoms with Gasteiger partial charge in [0.15, 0.2) is 10.9 Å². The van der Waals surface area contributed by atoms with Crippen LogP contribution in [0.4, 0.5) is 5.69 Å². The highest BCUT2D eigenvalue weighted by Crippen LogP contribution is 2.27. The van der Waals surface area contributed by atoms with Crippen LogP contribution in [0.25, 0.3) is 11.0 Å². The number of fused-ring (bicyclic) bond motifs is 1. The van der Waals surface area contributed by atoms with E-state index in [0.29, 0.717) is 22.0 Å². The highest BCUT2D eigenvalue weighted by Gasteiger charge is 2.14. The molecule has 0 saturated heterocycles. The molecule has 0 unspecified atom stereocenters. The summed E-state index contributed by atoms with van der Waals surface area (Å²) in [6.45, 7) is 4.39. The molecule has 2 aromatic carbocycles. The lowest BCUT2D eigenvalue weighted by atomic mass is 10.1. The molecule has 5 nitrogen and oxygen atoms in total. The summed E-state index contributed by atoms with van der Waals surface area (Å²) < 4.78 is 2.13. The van der Waals surface area contributed by atoms with E-state index in [0.717, 1.165) is 29.2 Å². The van der Waals surface area contributed by atoms with Gasteiger partial charge in [0.05, 0.1) is 16.8 Å². The van der Waals surface area contributed by atoms with Crippen molar-refractivity contribution in [3.63, 3.8) is 0 Å². The Hall–Kier alpha value is -2.31. The number of carbonyl (C=O) groups is 2. The Balaban J connectivity index is 1.74. The quantitative estimate of drug-likeness (QED) is 0.445. The molecule has 0 radical (unpaired) electrons. The highest BCUT2D eigenvalue weighted by atomic mass is 35.5. The number of hydrogen-bond donors (Lipinski definition) is 1. The van der Waals surface area contributed by atoms with E-state index in [2.05, 4.69) is 21.8 Å². The average molecular weight is 402 g/mol. The van der Waals surface area contributed by atoms with Crippen molar-refractivity contribution in [3.05, 3.63) is 53.1 Å². The zero-order chi connectivity index (χ0) is 19.4. The first-order chi connectivity index (χ1) is 13.0. The molecule has 0 saturated carbocycles. The minimum atomic E-state index is -0.139. The van der Waals surface area contributed by atoms with Gasteiger partial charge in [-0.3, -0.25) is 9.59 Å². The second-order valence-electron chi connectivity index (χ2n) is 6.15. The van der Waals surface area contributed by atoms with Crippen molar-refractivity contribution < 1.29 is 9.59 Å². The first kappa shape index (κ1) is 19.5. The van der Waals surface area contributed by atoms with Gasteiger partial charge in [0.2, 0.25) is 5.91 Å². The smallest absolute Gasteiger partial charge is 0.221 e. The van der Waals surface area contributed by atoms with E-state index in [4.69, 9.17) is 11.6 Å². The van der Waals surface area contributed by atoms with Gasteiger partial charge in [-0.15, -0.1) is 0 Å². The van der Waals surface area contributed by atoms with Crippen LogP contribution in [0.1, 0.15) is 30.6 Å². The molecule has 27 heavy (non-hydrogen) atoms. The predicted molar refractivity (Wildman–Crippen MR) is 111 cm³/mol. The number of rotatable bonds is 7. The summed E-state index contributed by atoms with van der Waals surface area (Å²) in [5.41, 5.74) is 3.15. The molecule has 0 aliphatic rings. The standard InChI is InChI=1S/C20H20ClN3O2S/c1-3-10-24-18-9-6-15(21)11-17(18)23-20(24)27-12-19(26)14-4-7-16(8-5-14)22-13(2)25/h4-9,11H,3,10,12H2,1-2H3,(H,22,25). The Morgan fingerprint density at radius 2 is 1.93 bits per heavy atom. The molecule has 0 bridgehead atoms. The Morgan fingerprint density at radius 3 is 2.59 bits per heavy atom. The highest BCUT2D eigenvalue weighted by molar-refractivity contribution is 7.99. The summed E-state index contributed by atoms with van der Waals surface area (Å²) in [7, 11) is 0. The van der Waals surface area contributed by atoms with Gasteiger partial charge < -0.3 is 9.88 Å². The van der Waals surface area contributed by atoms with E-state index in [1.165, 1.54) is 18.7 Å². The summed E-state index contributed by atoms with van der Waals surface area (Å²) in [5.74, 6) is 0.169. The van der Waals surface area contributed by atoms with Crippen LogP contribution in [0.3, 0.4) is 0 Å². The van der Waals surface area contributed by atoms with E-state index >= 15 is 0 Å². The Kier molecular flexibility index (Phi) is 6.19. The van der Waals surface area contributed by atoms with Gasteiger partial charge >= 0.3 is 0 Å². The van der Waals surface area contributed by atoms with Crippen LogP contribution in [0.2, 0.25) is 5.02 Å². The fourth-order valence-corrected chi connectivity index (χ4v) is 3.89. The summed E-state index contributed by atoms with van der Waals surface area (Å²) >= 11 is 7.50. The second-order valence-corrected chi connectivity index (χ2v) is 7.53. The zero-order valence-electron chi connectivity index (χ0n) is 15.2. The molecule has 7 heteroatoms. The lowest BCUT2D eigenvalue weighted by Crippen LogP contribution is -2.07. The van der Waals surface area contributed by atoms with Crippen molar-refractivity contribution in [2.24, 2.45) is 0 Å².